The standard InChI is InChI=1S/C16H19N3O3S3/c1-2-7-17-14(20)10-24-16-19-18-15(25-16)23-9-11-8-21-12-5-3-4-6-13(12)22-11/h3-6,11H,2,7-10H2,1H3,(H,17,20)/t11-/m1/s1. The number of hydrogen-bond donors (Lipinski definition) is 1. The second-order valence-corrected chi connectivity index (χ2v) is 8.75. The van der Waals surface area contributed by atoms with Crippen molar-refractivity contribution in [1.29, 1.82) is 0 Å². The molecule has 1 aliphatic heterocycles. The molecule has 0 saturated carbocycles. The van der Waals surface area contributed by atoms with Gasteiger partial charge in [-0.05, 0) is 18.6 Å². The monoisotopic (exact) mass is 397 g/mol. The number of thioether (sulfide) groups is 2. The van der Waals surface area contributed by atoms with Crippen molar-refractivity contribution in [3.05, 3.63) is 24.3 Å². The van der Waals surface area contributed by atoms with Gasteiger partial charge in [0.1, 0.15) is 12.7 Å². The zero-order valence-corrected chi connectivity index (χ0v) is 16.2. The van der Waals surface area contributed by atoms with E-state index in [0.29, 0.717) is 18.9 Å². The zero-order chi connectivity index (χ0) is 17.5. The van der Waals surface area contributed by atoms with Crippen LogP contribution < -0.4 is 14.8 Å². The first kappa shape index (κ1) is 18.3. The number of ether oxygens (including phenoxy) is 2. The van der Waals surface area contributed by atoms with Gasteiger partial charge in [0.2, 0.25) is 5.91 Å². The number of amides is 1. The highest BCUT2D eigenvalue weighted by molar-refractivity contribution is 8.03. The van der Waals surface area contributed by atoms with E-state index in [1.165, 1.54) is 23.1 Å². The summed E-state index contributed by atoms with van der Waals surface area (Å²) in [6, 6.07) is 7.68. The Labute approximate surface area is 159 Å². The summed E-state index contributed by atoms with van der Waals surface area (Å²) < 4.78 is 13.3. The molecule has 1 N–H and O–H groups in total. The second kappa shape index (κ2) is 9.30. The lowest BCUT2D eigenvalue weighted by molar-refractivity contribution is -0.118. The van der Waals surface area contributed by atoms with Crippen LogP contribution in [0.25, 0.3) is 0 Å². The van der Waals surface area contributed by atoms with Crippen LogP contribution in [0.4, 0.5) is 0 Å². The maximum atomic E-state index is 11.6. The van der Waals surface area contributed by atoms with Crippen molar-refractivity contribution < 1.29 is 14.3 Å². The zero-order valence-electron chi connectivity index (χ0n) is 13.8. The molecule has 6 nitrogen and oxygen atoms in total. The minimum atomic E-state index is -0.0141. The van der Waals surface area contributed by atoms with Crippen molar-refractivity contribution in [3.63, 3.8) is 0 Å². The molecule has 2 aromatic rings. The third kappa shape index (κ3) is 5.52. The minimum Gasteiger partial charge on any atom is -0.486 e. The molecule has 25 heavy (non-hydrogen) atoms. The fourth-order valence-corrected chi connectivity index (χ4v) is 4.91. The van der Waals surface area contributed by atoms with Gasteiger partial charge in [-0.2, -0.15) is 0 Å². The molecular weight excluding hydrogens is 378 g/mol. The molecule has 1 aromatic heterocycles. The lowest BCUT2D eigenvalue weighted by atomic mass is 10.3. The Balaban J connectivity index is 1.42. The van der Waals surface area contributed by atoms with Gasteiger partial charge in [0.25, 0.3) is 0 Å². The van der Waals surface area contributed by atoms with E-state index < -0.39 is 0 Å². The van der Waals surface area contributed by atoms with Gasteiger partial charge in [0, 0.05) is 12.3 Å². The topological polar surface area (TPSA) is 73.3 Å². The van der Waals surface area contributed by atoms with Crippen molar-refractivity contribution in [2.24, 2.45) is 0 Å². The summed E-state index contributed by atoms with van der Waals surface area (Å²) in [6.45, 7) is 3.27. The summed E-state index contributed by atoms with van der Waals surface area (Å²) in [6.07, 6.45) is 0.924. The number of nitrogens with one attached hydrogen (secondary N) is 1. The van der Waals surface area contributed by atoms with E-state index in [-0.39, 0.29) is 12.0 Å². The second-order valence-electron chi connectivity index (χ2n) is 5.28. The fourth-order valence-electron chi connectivity index (χ4n) is 2.07. The van der Waals surface area contributed by atoms with Gasteiger partial charge in [0.15, 0.2) is 20.2 Å². The molecule has 9 heteroatoms. The third-order valence-corrected chi connectivity index (χ3v) is 6.57. The molecular formula is C16H19N3O3S3. The van der Waals surface area contributed by atoms with Gasteiger partial charge >= 0.3 is 0 Å². The number of rotatable bonds is 8. The molecule has 2 heterocycles. The average Bonchev–Trinajstić information content (AvgIpc) is 3.11. The van der Waals surface area contributed by atoms with Crippen molar-refractivity contribution in [2.45, 2.75) is 28.1 Å². The van der Waals surface area contributed by atoms with Gasteiger partial charge in [-0.15, -0.1) is 10.2 Å². The number of hydrogen-bond acceptors (Lipinski definition) is 8. The van der Waals surface area contributed by atoms with Crippen molar-refractivity contribution in [2.75, 3.05) is 24.7 Å². The molecule has 1 aliphatic rings. The van der Waals surface area contributed by atoms with E-state index in [9.17, 15) is 4.79 Å². The minimum absolute atomic E-state index is 0.0141. The summed E-state index contributed by atoms with van der Waals surface area (Å²) in [7, 11) is 0. The predicted octanol–water partition coefficient (Wildman–Crippen LogP) is 3.09. The molecule has 0 spiro atoms. The van der Waals surface area contributed by atoms with E-state index >= 15 is 0 Å². The molecule has 0 fully saturated rings. The number of carbonyl (C=O) groups excluding carboxylic acids is 1. The van der Waals surface area contributed by atoms with Gasteiger partial charge in [-0.25, -0.2) is 0 Å². The van der Waals surface area contributed by atoms with Gasteiger partial charge in [-0.1, -0.05) is 53.9 Å². The molecule has 0 radical (unpaired) electrons. The summed E-state index contributed by atoms with van der Waals surface area (Å²) >= 11 is 4.51. The van der Waals surface area contributed by atoms with E-state index in [2.05, 4.69) is 15.5 Å². The average molecular weight is 398 g/mol. The van der Waals surface area contributed by atoms with Crippen LogP contribution in [0.3, 0.4) is 0 Å². The third-order valence-electron chi connectivity index (χ3n) is 3.25. The van der Waals surface area contributed by atoms with Crippen LogP contribution in [0, 0.1) is 0 Å². The highest BCUT2D eigenvalue weighted by Gasteiger charge is 2.21. The Hall–Kier alpha value is -1.45. The highest BCUT2D eigenvalue weighted by Crippen LogP contribution is 2.34. The van der Waals surface area contributed by atoms with Crippen molar-refractivity contribution >= 4 is 40.8 Å². The Morgan fingerprint density at radius 3 is 2.84 bits per heavy atom. The summed E-state index contributed by atoms with van der Waals surface area (Å²) in [5.74, 6) is 2.72. The van der Waals surface area contributed by atoms with Crippen LogP contribution in [-0.2, 0) is 4.79 Å². The molecule has 134 valence electrons. The van der Waals surface area contributed by atoms with E-state index in [0.717, 1.165) is 32.4 Å². The first-order valence-corrected chi connectivity index (χ1v) is 10.8. The van der Waals surface area contributed by atoms with E-state index in [1.807, 2.05) is 31.2 Å². The first-order valence-electron chi connectivity index (χ1n) is 7.99. The summed E-state index contributed by atoms with van der Waals surface area (Å²) in [5.41, 5.74) is 0. The number of nitrogens with zero attached hydrogens (tertiary/aromatic N) is 2. The Kier molecular flexibility index (Phi) is 6.83. The Morgan fingerprint density at radius 1 is 1.28 bits per heavy atom. The van der Waals surface area contributed by atoms with Crippen LogP contribution in [-0.4, -0.2) is 46.9 Å². The highest BCUT2D eigenvalue weighted by atomic mass is 32.2. The summed E-state index contributed by atoms with van der Waals surface area (Å²) in [4.78, 5) is 11.6. The largest absolute Gasteiger partial charge is 0.486 e. The molecule has 0 bridgehead atoms. The maximum Gasteiger partial charge on any atom is 0.230 e. The summed E-state index contributed by atoms with van der Waals surface area (Å²) in [5, 5.41) is 11.1. The molecule has 1 aromatic carbocycles. The number of carbonyl (C=O) groups is 1. The quantitative estimate of drug-likeness (QED) is 0.686. The van der Waals surface area contributed by atoms with Crippen molar-refractivity contribution in [3.8, 4) is 11.5 Å². The molecule has 3 rings (SSSR count). The lowest BCUT2D eigenvalue weighted by Gasteiger charge is -2.25. The maximum absolute atomic E-state index is 11.6. The van der Waals surface area contributed by atoms with Crippen LogP contribution >= 0.6 is 34.9 Å². The van der Waals surface area contributed by atoms with Crippen molar-refractivity contribution in [1.82, 2.24) is 15.5 Å². The normalized spacial score (nSPS) is 15.8. The molecule has 0 unspecified atom stereocenters. The van der Waals surface area contributed by atoms with E-state index in [1.54, 1.807) is 11.8 Å². The fraction of sp³-hybridized carbons (Fsp3) is 0.438. The number of fused-ring (bicyclic) bond motifs is 1. The number of aromatic nitrogens is 2. The number of benzene rings is 1. The lowest BCUT2D eigenvalue weighted by Crippen LogP contribution is -2.31. The Morgan fingerprint density at radius 2 is 2.04 bits per heavy atom. The first-order chi connectivity index (χ1) is 12.2. The van der Waals surface area contributed by atoms with Gasteiger partial charge < -0.3 is 14.8 Å². The molecule has 1 amide bonds. The predicted molar refractivity (Wildman–Crippen MR) is 101 cm³/mol. The molecule has 0 saturated heterocycles. The molecule has 1 atom stereocenters. The van der Waals surface area contributed by atoms with Crippen LogP contribution in [0.15, 0.2) is 32.9 Å². The van der Waals surface area contributed by atoms with Crippen LogP contribution in [0.1, 0.15) is 13.3 Å². The van der Waals surface area contributed by atoms with Crippen LogP contribution in [0.5, 0.6) is 11.5 Å². The molecule has 0 aliphatic carbocycles. The van der Waals surface area contributed by atoms with E-state index in [4.69, 9.17) is 9.47 Å². The SMILES string of the molecule is CCCNC(=O)CSc1nnc(SC[C@H]2COc3ccccc3O2)s1. The van der Waals surface area contributed by atoms with Gasteiger partial charge in [-0.3, -0.25) is 4.79 Å². The Bertz CT molecular complexity index is 711. The smallest absolute Gasteiger partial charge is 0.230 e. The number of para-hydroxylation sites is 2. The van der Waals surface area contributed by atoms with Crippen LogP contribution in [0.2, 0.25) is 0 Å². The van der Waals surface area contributed by atoms with Gasteiger partial charge in [0.05, 0.1) is 5.75 Å².